The molecule has 8 heteroatoms. The van der Waals surface area contributed by atoms with Crippen LogP contribution in [-0.4, -0.2) is 22.0 Å². The molecule has 0 aliphatic carbocycles. The molecule has 0 unspecified atom stereocenters. The highest BCUT2D eigenvalue weighted by atomic mass is 32.1. The van der Waals surface area contributed by atoms with Gasteiger partial charge >= 0.3 is 0 Å². The third-order valence-electron chi connectivity index (χ3n) is 4.00. The van der Waals surface area contributed by atoms with Crippen molar-refractivity contribution in [2.75, 3.05) is 6.61 Å². The highest BCUT2D eigenvalue weighted by molar-refractivity contribution is 7.16. The summed E-state index contributed by atoms with van der Waals surface area (Å²) in [5.74, 6) is 0.503. The topological polar surface area (TPSA) is 86.7 Å². The van der Waals surface area contributed by atoms with E-state index in [-0.39, 0.29) is 18.0 Å². The zero-order chi connectivity index (χ0) is 19.4. The lowest BCUT2D eigenvalue weighted by atomic mass is 10.1. The van der Waals surface area contributed by atoms with E-state index < -0.39 is 4.92 Å². The molecule has 0 aliphatic rings. The number of hydrogen-bond donors (Lipinski definition) is 0. The van der Waals surface area contributed by atoms with E-state index in [0.29, 0.717) is 23.5 Å². The van der Waals surface area contributed by atoms with Gasteiger partial charge in [0.1, 0.15) is 5.75 Å². The van der Waals surface area contributed by atoms with Gasteiger partial charge in [0.15, 0.2) is 4.80 Å². The van der Waals surface area contributed by atoms with E-state index in [9.17, 15) is 14.9 Å². The summed E-state index contributed by atoms with van der Waals surface area (Å²) in [7, 11) is 0. The fourth-order valence-corrected chi connectivity index (χ4v) is 3.84. The van der Waals surface area contributed by atoms with Crippen LogP contribution in [0.3, 0.4) is 0 Å². The predicted octanol–water partition coefficient (Wildman–Crippen LogP) is 3.70. The maximum absolute atomic E-state index is 12.4. The van der Waals surface area contributed by atoms with Gasteiger partial charge in [-0.2, -0.15) is 4.99 Å². The first-order valence-corrected chi connectivity index (χ1v) is 9.40. The van der Waals surface area contributed by atoms with Gasteiger partial charge in [-0.15, -0.1) is 0 Å². The summed E-state index contributed by atoms with van der Waals surface area (Å²) in [4.78, 5) is 27.8. The lowest BCUT2D eigenvalue weighted by Gasteiger charge is -2.03. The molecule has 0 saturated heterocycles. The smallest absolute Gasteiger partial charge is 0.271 e. The van der Waals surface area contributed by atoms with Crippen LogP contribution in [0.1, 0.15) is 19.4 Å². The highest BCUT2D eigenvalue weighted by Crippen LogP contribution is 2.23. The summed E-state index contributed by atoms with van der Waals surface area (Å²) < 4.78 is 8.07. The number of ether oxygens (including phenoxy) is 1. The molecule has 0 bridgehead atoms. The summed E-state index contributed by atoms with van der Waals surface area (Å²) in [6.07, 6.45) is 0.185. The highest BCUT2D eigenvalue weighted by Gasteiger charge is 2.12. The van der Waals surface area contributed by atoms with E-state index in [0.717, 1.165) is 16.0 Å². The first-order chi connectivity index (χ1) is 13.0. The first kappa shape index (κ1) is 18.8. The van der Waals surface area contributed by atoms with Crippen molar-refractivity contribution in [2.24, 2.45) is 4.99 Å². The molecule has 1 aromatic heterocycles. The van der Waals surface area contributed by atoms with Crippen molar-refractivity contribution in [1.29, 1.82) is 0 Å². The van der Waals surface area contributed by atoms with Crippen LogP contribution in [-0.2, 0) is 17.8 Å². The second kappa shape index (κ2) is 8.13. The maximum Gasteiger partial charge on any atom is 0.271 e. The second-order valence-electron chi connectivity index (χ2n) is 5.80. The molecule has 0 saturated carbocycles. The number of carbonyl (C=O) groups excluding carboxylic acids is 1. The Hall–Kier alpha value is -3.00. The number of hydrogen-bond acceptors (Lipinski definition) is 5. The van der Waals surface area contributed by atoms with Crippen LogP contribution >= 0.6 is 11.3 Å². The third kappa shape index (κ3) is 4.22. The Morgan fingerprint density at radius 2 is 1.96 bits per heavy atom. The molecule has 1 heterocycles. The molecule has 27 heavy (non-hydrogen) atoms. The number of nitro groups is 1. The van der Waals surface area contributed by atoms with Crippen LogP contribution in [0.15, 0.2) is 47.5 Å². The second-order valence-corrected chi connectivity index (χ2v) is 6.81. The van der Waals surface area contributed by atoms with E-state index in [1.807, 2.05) is 42.7 Å². The predicted molar refractivity (Wildman–Crippen MR) is 104 cm³/mol. The van der Waals surface area contributed by atoms with Crippen molar-refractivity contribution in [2.45, 2.75) is 26.8 Å². The fraction of sp³-hybridized carbons (Fsp3) is 0.263. The van der Waals surface area contributed by atoms with Gasteiger partial charge in [0.05, 0.1) is 28.2 Å². The molecule has 1 amide bonds. The number of amides is 1. The number of fused-ring (bicyclic) bond motifs is 1. The molecule has 0 radical (unpaired) electrons. The standard InChI is InChI=1S/C19H19N3O4S/c1-3-21-16-12-14(22(24)25)7-10-17(16)27-19(21)20-18(23)11-13-5-8-15(9-6-13)26-4-2/h5-10,12H,3-4,11H2,1-2H3. The van der Waals surface area contributed by atoms with E-state index in [1.54, 1.807) is 6.07 Å². The van der Waals surface area contributed by atoms with Crippen molar-refractivity contribution in [1.82, 2.24) is 4.57 Å². The van der Waals surface area contributed by atoms with Crippen molar-refractivity contribution in [3.05, 3.63) is 62.9 Å². The molecular weight excluding hydrogens is 366 g/mol. The molecule has 0 N–H and O–H groups in total. The lowest BCUT2D eigenvalue weighted by molar-refractivity contribution is -0.384. The molecule has 7 nitrogen and oxygen atoms in total. The minimum atomic E-state index is -0.426. The molecule has 0 fully saturated rings. The van der Waals surface area contributed by atoms with Gasteiger partial charge in [-0.25, -0.2) is 0 Å². The third-order valence-corrected chi connectivity index (χ3v) is 5.06. The molecule has 0 aliphatic heterocycles. The molecule has 2 aromatic carbocycles. The van der Waals surface area contributed by atoms with Crippen LogP contribution in [0.5, 0.6) is 5.75 Å². The molecule has 140 valence electrons. The number of nitrogens with zero attached hydrogens (tertiary/aromatic N) is 3. The summed E-state index contributed by atoms with van der Waals surface area (Å²) in [5, 5.41) is 11.0. The normalized spacial score (nSPS) is 11.7. The number of carbonyl (C=O) groups is 1. The van der Waals surface area contributed by atoms with Gasteiger partial charge < -0.3 is 9.30 Å². The summed E-state index contributed by atoms with van der Waals surface area (Å²) in [5.41, 5.74) is 1.59. The Balaban J connectivity index is 1.90. The van der Waals surface area contributed by atoms with Gasteiger partial charge in [-0.3, -0.25) is 14.9 Å². The van der Waals surface area contributed by atoms with E-state index in [1.165, 1.54) is 23.5 Å². The van der Waals surface area contributed by atoms with E-state index in [4.69, 9.17) is 4.74 Å². The first-order valence-electron chi connectivity index (χ1n) is 8.59. The maximum atomic E-state index is 12.4. The summed E-state index contributed by atoms with van der Waals surface area (Å²) >= 11 is 1.35. The van der Waals surface area contributed by atoms with Crippen LogP contribution in [0.4, 0.5) is 5.69 Å². The minimum absolute atomic E-state index is 0.0229. The lowest BCUT2D eigenvalue weighted by Crippen LogP contribution is -2.16. The van der Waals surface area contributed by atoms with E-state index in [2.05, 4.69) is 4.99 Å². The number of thiazole rings is 1. The van der Waals surface area contributed by atoms with Crippen LogP contribution in [0, 0.1) is 10.1 Å². The number of benzene rings is 2. The molecular formula is C19H19N3O4S. The van der Waals surface area contributed by atoms with Crippen molar-refractivity contribution >= 4 is 33.1 Å². The van der Waals surface area contributed by atoms with Crippen LogP contribution in [0.2, 0.25) is 0 Å². The average molecular weight is 385 g/mol. The van der Waals surface area contributed by atoms with Crippen molar-refractivity contribution in [3.8, 4) is 5.75 Å². The Morgan fingerprint density at radius 3 is 2.59 bits per heavy atom. The van der Waals surface area contributed by atoms with E-state index >= 15 is 0 Å². The summed E-state index contributed by atoms with van der Waals surface area (Å²) in [6, 6.07) is 12.0. The number of aryl methyl sites for hydroxylation is 1. The van der Waals surface area contributed by atoms with Crippen molar-refractivity contribution < 1.29 is 14.5 Å². The molecule has 3 aromatic rings. The van der Waals surface area contributed by atoms with Gasteiger partial charge in [0.2, 0.25) is 0 Å². The quantitative estimate of drug-likeness (QED) is 0.478. The molecule has 3 rings (SSSR count). The average Bonchev–Trinajstić information content (AvgIpc) is 2.99. The Labute approximate surface area is 159 Å². The zero-order valence-corrected chi connectivity index (χ0v) is 15.9. The zero-order valence-electron chi connectivity index (χ0n) is 15.0. The number of aromatic nitrogens is 1. The largest absolute Gasteiger partial charge is 0.494 e. The molecule has 0 atom stereocenters. The SMILES string of the molecule is CCOc1ccc(CC(=O)N=c2sc3ccc([N+](=O)[O-])cc3n2CC)cc1. The minimum Gasteiger partial charge on any atom is -0.494 e. The molecule has 0 spiro atoms. The van der Waals surface area contributed by atoms with Gasteiger partial charge in [-0.1, -0.05) is 23.5 Å². The van der Waals surface area contributed by atoms with Crippen LogP contribution in [0.25, 0.3) is 10.2 Å². The Morgan fingerprint density at radius 1 is 1.22 bits per heavy atom. The number of nitro benzene ring substituents is 1. The Bertz CT molecular complexity index is 1050. The fourth-order valence-electron chi connectivity index (χ4n) is 2.75. The summed E-state index contributed by atoms with van der Waals surface area (Å²) in [6.45, 7) is 4.99. The van der Waals surface area contributed by atoms with Gasteiger partial charge in [0.25, 0.3) is 11.6 Å². The van der Waals surface area contributed by atoms with Crippen molar-refractivity contribution in [3.63, 3.8) is 0 Å². The Kier molecular flexibility index (Phi) is 5.66. The monoisotopic (exact) mass is 385 g/mol. The number of non-ortho nitro benzene ring substituents is 1. The number of rotatable bonds is 6. The van der Waals surface area contributed by atoms with Gasteiger partial charge in [0, 0.05) is 18.7 Å². The van der Waals surface area contributed by atoms with Gasteiger partial charge in [-0.05, 0) is 37.6 Å². The van der Waals surface area contributed by atoms with Crippen LogP contribution < -0.4 is 9.54 Å².